The van der Waals surface area contributed by atoms with Gasteiger partial charge in [0.15, 0.2) is 6.10 Å². The normalized spacial score (nSPS) is 15.2. The molecule has 1 saturated heterocycles. The van der Waals surface area contributed by atoms with Gasteiger partial charge in [-0.25, -0.2) is 4.79 Å². The lowest BCUT2D eigenvalue weighted by Crippen LogP contribution is -2.38. The predicted molar refractivity (Wildman–Crippen MR) is 89.4 cm³/mol. The van der Waals surface area contributed by atoms with E-state index in [-0.39, 0.29) is 6.54 Å². The van der Waals surface area contributed by atoms with Crippen LogP contribution < -0.4 is 10.2 Å². The lowest BCUT2D eigenvalue weighted by atomic mass is 10.2. The molecule has 0 saturated carbocycles. The van der Waals surface area contributed by atoms with Gasteiger partial charge in [0.05, 0.1) is 25.9 Å². The quantitative estimate of drug-likeness (QED) is 0.740. The number of carbonyl (C=O) groups excluding carboxylic acids is 3. The number of nitrogens with zero attached hydrogens (tertiary/aromatic N) is 1. The molecular formula is C17H22N2O6. The van der Waals surface area contributed by atoms with Gasteiger partial charge >= 0.3 is 11.9 Å². The van der Waals surface area contributed by atoms with Gasteiger partial charge in [-0.05, 0) is 31.2 Å². The number of hydrogen-bond acceptors (Lipinski definition) is 7. The van der Waals surface area contributed by atoms with Gasteiger partial charge in [-0.15, -0.1) is 0 Å². The van der Waals surface area contributed by atoms with Crippen LogP contribution in [0.1, 0.15) is 17.3 Å². The Morgan fingerprint density at radius 2 is 1.84 bits per heavy atom. The molecule has 1 amide bonds. The molecule has 1 fully saturated rings. The van der Waals surface area contributed by atoms with Gasteiger partial charge in [-0.1, -0.05) is 0 Å². The van der Waals surface area contributed by atoms with E-state index in [4.69, 9.17) is 9.47 Å². The number of hydrogen-bond donors (Lipinski definition) is 1. The van der Waals surface area contributed by atoms with E-state index in [0.717, 1.165) is 18.8 Å². The molecule has 1 aliphatic rings. The van der Waals surface area contributed by atoms with Gasteiger partial charge in [0.25, 0.3) is 5.91 Å². The highest BCUT2D eigenvalue weighted by Gasteiger charge is 2.20. The van der Waals surface area contributed by atoms with Gasteiger partial charge in [0.1, 0.15) is 6.54 Å². The summed E-state index contributed by atoms with van der Waals surface area (Å²) in [5.74, 6) is -1.75. The van der Waals surface area contributed by atoms with Crippen LogP contribution in [0.3, 0.4) is 0 Å². The van der Waals surface area contributed by atoms with E-state index < -0.39 is 23.9 Å². The van der Waals surface area contributed by atoms with Crippen LogP contribution in [0.2, 0.25) is 0 Å². The SMILES string of the molecule is COC(=O)CNC(=O)C(C)OC(=O)c1ccc(N2CCOCC2)cc1. The van der Waals surface area contributed by atoms with E-state index in [1.165, 1.54) is 14.0 Å². The molecule has 1 aliphatic heterocycles. The number of ether oxygens (including phenoxy) is 3. The number of morpholine rings is 1. The maximum Gasteiger partial charge on any atom is 0.338 e. The number of carbonyl (C=O) groups is 3. The minimum absolute atomic E-state index is 0.272. The summed E-state index contributed by atoms with van der Waals surface area (Å²) in [6, 6.07) is 6.99. The number of amides is 1. The molecule has 1 atom stereocenters. The second-order valence-corrected chi connectivity index (χ2v) is 5.49. The Morgan fingerprint density at radius 3 is 2.44 bits per heavy atom. The summed E-state index contributed by atoms with van der Waals surface area (Å²) in [6.45, 7) is 4.14. The first-order chi connectivity index (χ1) is 12.0. The lowest BCUT2D eigenvalue weighted by Gasteiger charge is -2.28. The molecule has 1 N–H and O–H groups in total. The molecule has 1 heterocycles. The van der Waals surface area contributed by atoms with Gasteiger partial charge < -0.3 is 24.4 Å². The second kappa shape index (κ2) is 9.03. The van der Waals surface area contributed by atoms with Crippen molar-refractivity contribution in [1.82, 2.24) is 5.32 Å². The van der Waals surface area contributed by atoms with Gasteiger partial charge in [0, 0.05) is 18.8 Å². The zero-order valence-electron chi connectivity index (χ0n) is 14.3. The number of anilines is 1. The van der Waals surface area contributed by atoms with Crippen molar-refractivity contribution in [2.75, 3.05) is 44.9 Å². The predicted octanol–water partition coefficient (Wildman–Crippen LogP) is 0.358. The zero-order chi connectivity index (χ0) is 18.2. The molecule has 1 aromatic carbocycles. The third-order valence-corrected chi connectivity index (χ3v) is 3.77. The van der Waals surface area contributed by atoms with Crippen LogP contribution >= 0.6 is 0 Å². The third-order valence-electron chi connectivity index (χ3n) is 3.77. The lowest BCUT2D eigenvalue weighted by molar-refractivity contribution is -0.142. The fraction of sp³-hybridized carbons (Fsp3) is 0.471. The maximum atomic E-state index is 12.1. The summed E-state index contributed by atoms with van der Waals surface area (Å²) >= 11 is 0. The summed E-state index contributed by atoms with van der Waals surface area (Å²) < 4.78 is 14.8. The van der Waals surface area contributed by atoms with Crippen molar-refractivity contribution >= 4 is 23.5 Å². The average Bonchev–Trinajstić information content (AvgIpc) is 2.66. The Bertz CT molecular complexity index is 610. The molecule has 0 spiro atoms. The molecule has 1 unspecified atom stereocenters. The molecule has 8 nitrogen and oxygen atoms in total. The maximum absolute atomic E-state index is 12.1. The Labute approximate surface area is 146 Å². The van der Waals surface area contributed by atoms with Crippen LogP contribution in [0.25, 0.3) is 0 Å². The molecule has 8 heteroatoms. The molecular weight excluding hydrogens is 328 g/mol. The fourth-order valence-electron chi connectivity index (χ4n) is 2.29. The van der Waals surface area contributed by atoms with E-state index >= 15 is 0 Å². The molecule has 0 aliphatic carbocycles. The molecule has 0 aromatic heterocycles. The highest BCUT2D eigenvalue weighted by Crippen LogP contribution is 2.17. The monoisotopic (exact) mass is 350 g/mol. The number of esters is 2. The first-order valence-corrected chi connectivity index (χ1v) is 7.99. The summed E-state index contributed by atoms with van der Waals surface area (Å²) in [5, 5.41) is 2.33. The fourth-order valence-corrected chi connectivity index (χ4v) is 2.29. The van der Waals surface area contributed by atoms with E-state index in [1.807, 2.05) is 12.1 Å². The van der Waals surface area contributed by atoms with Gasteiger partial charge in [0.2, 0.25) is 0 Å². The Kier molecular flexibility index (Phi) is 6.76. The first-order valence-electron chi connectivity index (χ1n) is 7.99. The first kappa shape index (κ1) is 18.7. The van der Waals surface area contributed by atoms with Crippen molar-refractivity contribution in [3.63, 3.8) is 0 Å². The largest absolute Gasteiger partial charge is 0.468 e. The average molecular weight is 350 g/mol. The van der Waals surface area contributed by atoms with Crippen LogP contribution in [0, 0.1) is 0 Å². The smallest absolute Gasteiger partial charge is 0.338 e. The van der Waals surface area contributed by atoms with Crippen LogP contribution in [-0.4, -0.2) is 63.9 Å². The van der Waals surface area contributed by atoms with Crippen LogP contribution in [-0.2, 0) is 23.8 Å². The van der Waals surface area contributed by atoms with E-state index in [1.54, 1.807) is 12.1 Å². The number of nitrogens with one attached hydrogen (secondary N) is 1. The van der Waals surface area contributed by atoms with Crippen LogP contribution in [0.5, 0.6) is 0 Å². The van der Waals surface area contributed by atoms with Crippen molar-refractivity contribution in [3.8, 4) is 0 Å². The topological polar surface area (TPSA) is 94.2 Å². The molecule has 0 radical (unpaired) electrons. The van der Waals surface area contributed by atoms with Gasteiger partial charge in [-0.3, -0.25) is 9.59 Å². The number of methoxy groups -OCH3 is 1. The van der Waals surface area contributed by atoms with Crippen molar-refractivity contribution in [2.45, 2.75) is 13.0 Å². The highest BCUT2D eigenvalue weighted by atomic mass is 16.5. The minimum atomic E-state index is -1.02. The summed E-state index contributed by atoms with van der Waals surface area (Å²) in [5.41, 5.74) is 1.35. The summed E-state index contributed by atoms with van der Waals surface area (Å²) in [4.78, 5) is 37.0. The molecule has 25 heavy (non-hydrogen) atoms. The standard InChI is InChI=1S/C17H22N2O6/c1-12(16(21)18-11-15(20)23-2)25-17(22)13-3-5-14(6-4-13)19-7-9-24-10-8-19/h3-6,12H,7-11H2,1-2H3,(H,18,21). The summed E-state index contributed by atoms with van der Waals surface area (Å²) in [6.07, 6.45) is -1.02. The van der Waals surface area contributed by atoms with Crippen molar-refractivity contribution in [1.29, 1.82) is 0 Å². The van der Waals surface area contributed by atoms with Crippen molar-refractivity contribution in [3.05, 3.63) is 29.8 Å². The molecule has 136 valence electrons. The van der Waals surface area contributed by atoms with Gasteiger partial charge in [-0.2, -0.15) is 0 Å². The molecule has 0 bridgehead atoms. The number of benzene rings is 1. The zero-order valence-corrected chi connectivity index (χ0v) is 14.3. The van der Waals surface area contributed by atoms with E-state index in [2.05, 4.69) is 15.0 Å². The Morgan fingerprint density at radius 1 is 1.20 bits per heavy atom. The Hall–Kier alpha value is -2.61. The van der Waals surface area contributed by atoms with Crippen molar-refractivity contribution < 1.29 is 28.6 Å². The summed E-state index contributed by atoms with van der Waals surface area (Å²) in [7, 11) is 1.22. The van der Waals surface area contributed by atoms with Crippen LogP contribution in [0.4, 0.5) is 5.69 Å². The highest BCUT2D eigenvalue weighted by molar-refractivity contribution is 5.93. The second-order valence-electron chi connectivity index (χ2n) is 5.49. The Balaban J connectivity index is 1.87. The molecule has 1 aromatic rings. The van der Waals surface area contributed by atoms with E-state index in [9.17, 15) is 14.4 Å². The molecule has 2 rings (SSSR count). The minimum Gasteiger partial charge on any atom is -0.468 e. The van der Waals surface area contributed by atoms with Crippen LogP contribution in [0.15, 0.2) is 24.3 Å². The van der Waals surface area contributed by atoms with E-state index in [0.29, 0.717) is 18.8 Å². The number of rotatable bonds is 6. The third kappa shape index (κ3) is 5.46. The van der Waals surface area contributed by atoms with Crippen molar-refractivity contribution in [2.24, 2.45) is 0 Å².